The smallest absolute Gasteiger partial charge is 0.374 e. The molecule has 4 nitrogen and oxygen atoms in total. The number of hydrogen-bond acceptors (Lipinski definition) is 3. The minimum atomic E-state index is -2.42. The van der Waals surface area contributed by atoms with Gasteiger partial charge in [-0.25, -0.2) is 0 Å². The standard InChI is InChI=1S/C27H58NO3Si/c1-5-9-18-23-28(25-20-17-21-26-28)24-19-15-13-11-10-12-14-16-22-27-32(29-6-2,30-7-3)31-8-4/h5-27H2,1-4H3/q+1. The van der Waals surface area contributed by atoms with Gasteiger partial charge in [-0.15, -0.1) is 0 Å². The monoisotopic (exact) mass is 472 g/mol. The summed E-state index contributed by atoms with van der Waals surface area (Å²) >= 11 is 0. The lowest BCUT2D eigenvalue weighted by Gasteiger charge is -2.42. The van der Waals surface area contributed by atoms with Crippen LogP contribution < -0.4 is 0 Å². The summed E-state index contributed by atoms with van der Waals surface area (Å²) in [5.74, 6) is 0. The van der Waals surface area contributed by atoms with Crippen LogP contribution in [0.1, 0.15) is 124 Å². The molecule has 0 spiro atoms. The fraction of sp³-hybridized carbons (Fsp3) is 1.00. The molecule has 1 aliphatic heterocycles. The zero-order valence-electron chi connectivity index (χ0n) is 22.4. The summed E-state index contributed by atoms with van der Waals surface area (Å²) in [6.07, 6.45) is 21.0. The van der Waals surface area contributed by atoms with E-state index in [0.29, 0.717) is 19.8 Å². The Morgan fingerprint density at radius 1 is 0.531 bits per heavy atom. The fourth-order valence-corrected chi connectivity index (χ4v) is 8.15. The third-order valence-corrected chi connectivity index (χ3v) is 10.4. The van der Waals surface area contributed by atoms with Crippen molar-refractivity contribution in [2.75, 3.05) is 46.0 Å². The first-order chi connectivity index (χ1) is 15.7. The predicted octanol–water partition coefficient (Wildman–Crippen LogP) is 7.74. The van der Waals surface area contributed by atoms with E-state index >= 15 is 0 Å². The van der Waals surface area contributed by atoms with E-state index in [1.54, 1.807) is 0 Å². The lowest BCUT2D eigenvalue weighted by Crippen LogP contribution is -2.52. The second kappa shape index (κ2) is 19.4. The van der Waals surface area contributed by atoms with Gasteiger partial charge < -0.3 is 17.8 Å². The molecular weight excluding hydrogens is 414 g/mol. The Hall–Kier alpha value is 0.0569. The van der Waals surface area contributed by atoms with Crippen LogP contribution in [-0.2, 0) is 13.3 Å². The highest BCUT2D eigenvalue weighted by molar-refractivity contribution is 6.60. The molecule has 0 radical (unpaired) electrons. The third kappa shape index (κ3) is 13.1. The maximum absolute atomic E-state index is 5.96. The van der Waals surface area contributed by atoms with Gasteiger partial charge in [0, 0.05) is 25.9 Å². The van der Waals surface area contributed by atoms with E-state index in [1.807, 2.05) is 20.8 Å². The van der Waals surface area contributed by atoms with Gasteiger partial charge in [-0.05, 0) is 72.1 Å². The quantitative estimate of drug-likeness (QED) is 0.0916. The Labute approximate surface area is 202 Å². The van der Waals surface area contributed by atoms with Crippen molar-refractivity contribution >= 4 is 8.80 Å². The van der Waals surface area contributed by atoms with Gasteiger partial charge in [0.2, 0.25) is 0 Å². The van der Waals surface area contributed by atoms with Crippen molar-refractivity contribution in [3.63, 3.8) is 0 Å². The van der Waals surface area contributed by atoms with Crippen LogP contribution in [0.25, 0.3) is 0 Å². The molecule has 1 aliphatic rings. The highest BCUT2D eigenvalue weighted by atomic mass is 28.4. The molecule has 1 fully saturated rings. The van der Waals surface area contributed by atoms with Gasteiger partial charge >= 0.3 is 8.80 Å². The van der Waals surface area contributed by atoms with Crippen molar-refractivity contribution in [1.29, 1.82) is 0 Å². The molecule has 32 heavy (non-hydrogen) atoms. The van der Waals surface area contributed by atoms with Gasteiger partial charge in [0.1, 0.15) is 0 Å². The second-order valence-electron chi connectivity index (χ2n) is 9.92. The van der Waals surface area contributed by atoms with Crippen LogP contribution in [0, 0.1) is 0 Å². The van der Waals surface area contributed by atoms with E-state index in [4.69, 9.17) is 13.3 Å². The van der Waals surface area contributed by atoms with Gasteiger partial charge in [-0.3, -0.25) is 0 Å². The molecule has 0 aliphatic carbocycles. The molecule has 1 rings (SSSR count). The molecule has 0 atom stereocenters. The minimum absolute atomic E-state index is 0.685. The number of unbranched alkanes of at least 4 members (excludes halogenated alkanes) is 10. The highest BCUT2D eigenvalue weighted by Crippen LogP contribution is 2.23. The van der Waals surface area contributed by atoms with Gasteiger partial charge in [0.05, 0.1) is 26.2 Å². The van der Waals surface area contributed by atoms with Crippen molar-refractivity contribution in [1.82, 2.24) is 0 Å². The molecule has 0 bridgehead atoms. The van der Waals surface area contributed by atoms with Crippen LogP contribution >= 0.6 is 0 Å². The topological polar surface area (TPSA) is 27.7 Å². The van der Waals surface area contributed by atoms with Crippen molar-refractivity contribution in [2.45, 2.75) is 130 Å². The number of quaternary nitrogens is 1. The average Bonchev–Trinajstić information content (AvgIpc) is 2.79. The van der Waals surface area contributed by atoms with Gasteiger partial charge in [-0.2, -0.15) is 0 Å². The van der Waals surface area contributed by atoms with Crippen molar-refractivity contribution in [3.05, 3.63) is 0 Å². The molecule has 0 N–H and O–H groups in total. The number of rotatable bonds is 22. The highest BCUT2D eigenvalue weighted by Gasteiger charge is 2.39. The first kappa shape index (κ1) is 30.1. The van der Waals surface area contributed by atoms with E-state index in [9.17, 15) is 0 Å². The van der Waals surface area contributed by atoms with Gasteiger partial charge in [-0.1, -0.05) is 51.9 Å². The molecule has 1 heterocycles. The Kier molecular flexibility index (Phi) is 18.2. The molecule has 1 saturated heterocycles. The van der Waals surface area contributed by atoms with E-state index in [2.05, 4.69) is 6.92 Å². The first-order valence-electron chi connectivity index (χ1n) is 14.4. The number of piperidine rings is 1. The minimum Gasteiger partial charge on any atom is -0.374 e. The lowest BCUT2D eigenvalue weighted by molar-refractivity contribution is -0.932. The van der Waals surface area contributed by atoms with Crippen LogP contribution in [-0.4, -0.2) is 59.3 Å². The Morgan fingerprint density at radius 2 is 0.969 bits per heavy atom. The molecule has 0 amide bonds. The van der Waals surface area contributed by atoms with Crippen LogP contribution in [0.2, 0.25) is 6.04 Å². The molecule has 0 aromatic carbocycles. The summed E-state index contributed by atoms with van der Waals surface area (Å²) in [5.41, 5.74) is 0. The molecular formula is C27H58NO3Si+. The summed E-state index contributed by atoms with van der Waals surface area (Å²) in [6, 6.07) is 0.973. The van der Waals surface area contributed by atoms with Crippen LogP contribution in [0.3, 0.4) is 0 Å². The zero-order valence-corrected chi connectivity index (χ0v) is 23.4. The predicted molar refractivity (Wildman–Crippen MR) is 140 cm³/mol. The normalized spacial score (nSPS) is 16.5. The summed E-state index contributed by atoms with van der Waals surface area (Å²) < 4.78 is 19.3. The summed E-state index contributed by atoms with van der Waals surface area (Å²) in [4.78, 5) is 0. The zero-order chi connectivity index (χ0) is 23.4. The van der Waals surface area contributed by atoms with Crippen molar-refractivity contribution < 1.29 is 17.8 Å². The maximum Gasteiger partial charge on any atom is 0.500 e. The molecule has 0 aromatic rings. The second-order valence-corrected chi connectivity index (χ2v) is 12.6. The van der Waals surface area contributed by atoms with Crippen LogP contribution in [0.4, 0.5) is 0 Å². The Balaban J connectivity index is 2.08. The van der Waals surface area contributed by atoms with Crippen LogP contribution in [0.15, 0.2) is 0 Å². The third-order valence-electron chi connectivity index (χ3n) is 7.21. The summed E-state index contributed by atoms with van der Waals surface area (Å²) in [7, 11) is -2.42. The molecule has 5 heteroatoms. The lowest BCUT2D eigenvalue weighted by atomic mass is 10.0. The average molecular weight is 473 g/mol. The number of likely N-dealkylation sites (tertiary alicyclic amines) is 1. The summed E-state index contributed by atoms with van der Waals surface area (Å²) in [5, 5.41) is 0. The van der Waals surface area contributed by atoms with E-state index < -0.39 is 8.80 Å². The number of nitrogens with zero attached hydrogens (tertiary/aromatic N) is 1. The number of hydrogen-bond donors (Lipinski definition) is 0. The molecule has 0 saturated carbocycles. The maximum atomic E-state index is 5.96. The molecule has 0 aromatic heterocycles. The van der Waals surface area contributed by atoms with E-state index in [0.717, 1.165) is 6.04 Å². The fourth-order valence-electron chi connectivity index (χ4n) is 5.47. The first-order valence-corrected chi connectivity index (χ1v) is 16.4. The van der Waals surface area contributed by atoms with E-state index in [-0.39, 0.29) is 0 Å². The van der Waals surface area contributed by atoms with E-state index in [1.165, 1.54) is 127 Å². The Morgan fingerprint density at radius 3 is 1.44 bits per heavy atom. The molecule has 0 unspecified atom stereocenters. The van der Waals surface area contributed by atoms with Crippen LogP contribution in [0.5, 0.6) is 0 Å². The van der Waals surface area contributed by atoms with Gasteiger partial charge in [0.25, 0.3) is 0 Å². The molecule has 192 valence electrons. The van der Waals surface area contributed by atoms with Crippen molar-refractivity contribution in [3.8, 4) is 0 Å². The largest absolute Gasteiger partial charge is 0.500 e. The van der Waals surface area contributed by atoms with Gasteiger partial charge in [0.15, 0.2) is 0 Å². The SMILES string of the molecule is CCCCC[N+]1(CCCCCCCCCCC[Si](OCC)(OCC)OCC)CCCCC1. The van der Waals surface area contributed by atoms with Crippen molar-refractivity contribution in [2.24, 2.45) is 0 Å². The Bertz CT molecular complexity index is 399. The summed E-state index contributed by atoms with van der Waals surface area (Å²) in [6.45, 7) is 16.3.